The van der Waals surface area contributed by atoms with Gasteiger partial charge in [-0.3, -0.25) is 9.59 Å². The SMILES string of the molecule is C=CC(=O)Nc1ccccc1Nc1nc(NC2CCCN(C(=O)[C@H](C)O)C2)ncc1Cl. The summed E-state index contributed by atoms with van der Waals surface area (Å²) in [5.41, 5.74) is 1.16. The monoisotopic (exact) mass is 444 g/mol. The second kappa shape index (κ2) is 10.2. The van der Waals surface area contributed by atoms with Gasteiger partial charge in [-0.25, -0.2) is 4.98 Å². The van der Waals surface area contributed by atoms with Gasteiger partial charge in [0.2, 0.25) is 11.9 Å². The first-order valence-electron chi connectivity index (χ1n) is 9.92. The molecule has 2 aromatic rings. The van der Waals surface area contributed by atoms with E-state index in [2.05, 4.69) is 32.5 Å². The number of halogens is 1. The molecule has 9 nitrogen and oxygen atoms in total. The van der Waals surface area contributed by atoms with E-state index in [-0.39, 0.29) is 17.9 Å². The Morgan fingerprint density at radius 3 is 2.81 bits per heavy atom. The highest BCUT2D eigenvalue weighted by molar-refractivity contribution is 6.33. The Morgan fingerprint density at radius 1 is 1.35 bits per heavy atom. The number of likely N-dealkylation sites (tertiary alicyclic amines) is 1. The number of hydrogen-bond acceptors (Lipinski definition) is 7. The number of carbonyl (C=O) groups excluding carboxylic acids is 2. The molecular weight excluding hydrogens is 420 g/mol. The molecule has 10 heteroatoms. The summed E-state index contributed by atoms with van der Waals surface area (Å²) < 4.78 is 0. The van der Waals surface area contributed by atoms with Gasteiger partial charge in [0.05, 0.1) is 17.6 Å². The predicted molar refractivity (Wildman–Crippen MR) is 120 cm³/mol. The third-order valence-corrected chi connectivity index (χ3v) is 5.07. The topological polar surface area (TPSA) is 119 Å². The Labute approximate surface area is 185 Å². The Hall–Kier alpha value is -3.17. The number of benzene rings is 1. The van der Waals surface area contributed by atoms with Crippen molar-refractivity contribution in [3.8, 4) is 0 Å². The fourth-order valence-electron chi connectivity index (χ4n) is 3.28. The molecule has 0 saturated carbocycles. The number of rotatable bonds is 7. The lowest BCUT2D eigenvalue weighted by molar-refractivity contribution is -0.140. The lowest BCUT2D eigenvalue weighted by atomic mass is 10.1. The largest absolute Gasteiger partial charge is 0.384 e. The maximum atomic E-state index is 12.1. The summed E-state index contributed by atoms with van der Waals surface area (Å²) in [5, 5.41) is 18.9. The molecule has 0 bridgehead atoms. The van der Waals surface area contributed by atoms with E-state index in [1.807, 2.05) is 6.07 Å². The zero-order chi connectivity index (χ0) is 22.4. The average molecular weight is 445 g/mol. The van der Waals surface area contributed by atoms with Crippen molar-refractivity contribution in [1.29, 1.82) is 0 Å². The number of para-hydroxylation sites is 2. The van der Waals surface area contributed by atoms with Crippen LogP contribution >= 0.6 is 11.6 Å². The van der Waals surface area contributed by atoms with Crippen LogP contribution < -0.4 is 16.0 Å². The first-order chi connectivity index (χ1) is 14.9. The molecule has 0 spiro atoms. The Bertz CT molecular complexity index is 968. The van der Waals surface area contributed by atoms with Gasteiger partial charge in [-0.2, -0.15) is 4.98 Å². The highest BCUT2D eigenvalue weighted by atomic mass is 35.5. The van der Waals surface area contributed by atoms with E-state index in [0.717, 1.165) is 12.8 Å². The number of nitrogens with one attached hydrogen (secondary N) is 3. The van der Waals surface area contributed by atoms with Crippen LogP contribution in [0.2, 0.25) is 5.02 Å². The van der Waals surface area contributed by atoms with Crippen LogP contribution in [0.15, 0.2) is 43.1 Å². The van der Waals surface area contributed by atoms with E-state index in [0.29, 0.717) is 41.3 Å². The van der Waals surface area contributed by atoms with Crippen molar-refractivity contribution in [3.05, 3.63) is 48.1 Å². The van der Waals surface area contributed by atoms with Crippen LogP contribution in [-0.2, 0) is 9.59 Å². The summed E-state index contributed by atoms with van der Waals surface area (Å²) in [5.74, 6) is 0.103. The predicted octanol–water partition coefficient (Wildman–Crippen LogP) is 2.78. The molecule has 1 saturated heterocycles. The normalized spacial score (nSPS) is 16.9. The molecule has 1 aliphatic rings. The first kappa shape index (κ1) is 22.5. The van der Waals surface area contributed by atoms with Crippen LogP contribution in [0.3, 0.4) is 0 Å². The molecule has 0 radical (unpaired) electrons. The molecule has 31 heavy (non-hydrogen) atoms. The number of amides is 2. The van der Waals surface area contributed by atoms with E-state index >= 15 is 0 Å². The van der Waals surface area contributed by atoms with Crippen molar-refractivity contribution in [2.45, 2.75) is 31.9 Å². The van der Waals surface area contributed by atoms with Crippen molar-refractivity contribution in [2.75, 3.05) is 29.0 Å². The lowest BCUT2D eigenvalue weighted by Gasteiger charge is -2.33. The fraction of sp³-hybridized carbons (Fsp3) is 0.333. The number of hydrogen-bond donors (Lipinski definition) is 4. The number of aromatic nitrogens is 2. The van der Waals surface area contributed by atoms with Gasteiger partial charge < -0.3 is 26.0 Å². The number of piperidine rings is 1. The van der Waals surface area contributed by atoms with Crippen molar-refractivity contribution in [1.82, 2.24) is 14.9 Å². The molecule has 164 valence electrons. The smallest absolute Gasteiger partial charge is 0.251 e. The van der Waals surface area contributed by atoms with E-state index in [4.69, 9.17) is 11.6 Å². The molecule has 0 aliphatic carbocycles. The van der Waals surface area contributed by atoms with Gasteiger partial charge in [0.15, 0.2) is 5.82 Å². The molecule has 1 aliphatic heterocycles. The molecule has 1 aromatic heterocycles. The number of nitrogens with zero attached hydrogens (tertiary/aromatic N) is 3. The van der Waals surface area contributed by atoms with E-state index in [1.54, 1.807) is 23.1 Å². The molecule has 2 atom stereocenters. The standard InChI is InChI=1S/C21H25ClN6O3/c1-3-18(30)25-16-8-4-5-9-17(16)26-19-15(22)11-23-21(27-19)24-14-7-6-10-28(12-14)20(31)13(2)29/h3-5,8-9,11,13-14,29H,1,6-7,10,12H2,2H3,(H,25,30)(H2,23,24,26,27)/t13-,14?/m0/s1. The van der Waals surface area contributed by atoms with Gasteiger partial charge in [-0.1, -0.05) is 30.3 Å². The quantitative estimate of drug-likeness (QED) is 0.485. The van der Waals surface area contributed by atoms with Crippen molar-refractivity contribution >= 4 is 46.6 Å². The molecule has 1 unspecified atom stereocenters. The third kappa shape index (κ3) is 5.93. The van der Waals surface area contributed by atoms with Crippen LogP contribution in [-0.4, -0.2) is 57.0 Å². The van der Waals surface area contributed by atoms with E-state index in [9.17, 15) is 14.7 Å². The minimum Gasteiger partial charge on any atom is -0.384 e. The van der Waals surface area contributed by atoms with Crippen LogP contribution in [0.25, 0.3) is 0 Å². The number of aliphatic hydroxyl groups is 1. The van der Waals surface area contributed by atoms with Crippen molar-refractivity contribution in [3.63, 3.8) is 0 Å². The van der Waals surface area contributed by atoms with Gasteiger partial charge in [0, 0.05) is 19.1 Å². The fourth-order valence-corrected chi connectivity index (χ4v) is 3.42. The Balaban J connectivity index is 1.73. The van der Waals surface area contributed by atoms with Gasteiger partial charge >= 0.3 is 0 Å². The molecule has 2 heterocycles. The van der Waals surface area contributed by atoms with Gasteiger partial charge in [0.25, 0.3) is 5.91 Å². The summed E-state index contributed by atoms with van der Waals surface area (Å²) in [6.07, 6.45) is 3.29. The number of anilines is 4. The van der Waals surface area contributed by atoms with Crippen molar-refractivity contribution in [2.24, 2.45) is 0 Å². The summed E-state index contributed by atoms with van der Waals surface area (Å²) in [4.78, 5) is 34.1. The Kier molecular flexibility index (Phi) is 7.43. The molecular formula is C21H25ClN6O3. The van der Waals surface area contributed by atoms with Crippen LogP contribution in [0.4, 0.5) is 23.1 Å². The highest BCUT2D eigenvalue weighted by Gasteiger charge is 2.26. The summed E-state index contributed by atoms with van der Waals surface area (Å²) >= 11 is 6.27. The lowest BCUT2D eigenvalue weighted by Crippen LogP contribution is -2.48. The molecule has 2 amide bonds. The third-order valence-electron chi connectivity index (χ3n) is 4.79. The van der Waals surface area contributed by atoms with E-state index in [1.165, 1.54) is 19.2 Å². The zero-order valence-electron chi connectivity index (χ0n) is 17.1. The second-order valence-electron chi connectivity index (χ2n) is 7.20. The summed E-state index contributed by atoms with van der Waals surface area (Å²) in [6, 6.07) is 7.08. The van der Waals surface area contributed by atoms with Gasteiger partial charge in [-0.15, -0.1) is 0 Å². The number of aliphatic hydroxyl groups excluding tert-OH is 1. The highest BCUT2D eigenvalue weighted by Crippen LogP contribution is 2.29. The Morgan fingerprint density at radius 2 is 2.10 bits per heavy atom. The minimum atomic E-state index is -1.03. The molecule has 4 N–H and O–H groups in total. The average Bonchev–Trinajstić information content (AvgIpc) is 2.76. The van der Waals surface area contributed by atoms with Gasteiger partial charge in [0.1, 0.15) is 11.1 Å². The zero-order valence-corrected chi connectivity index (χ0v) is 17.9. The summed E-state index contributed by atoms with van der Waals surface area (Å²) in [6.45, 7) is 5.99. The maximum absolute atomic E-state index is 12.1. The molecule has 3 rings (SSSR count). The second-order valence-corrected chi connectivity index (χ2v) is 7.61. The summed E-state index contributed by atoms with van der Waals surface area (Å²) in [7, 11) is 0. The first-order valence-corrected chi connectivity index (χ1v) is 10.3. The molecule has 1 aromatic carbocycles. The minimum absolute atomic E-state index is 0.0513. The molecule has 1 fully saturated rings. The van der Waals surface area contributed by atoms with Crippen molar-refractivity contribution < 1.29 is 14.7 Å². The maximum Gasteiger partial charge on any atom is 0.251 e. The van der Waals surface area contributed by atoms with Crippen LogP contribution in [0, 0.1) is 0 Å². The van der Waals surface area contributed by atoms with Crippen LogP contribution in [0.1, 0.15) is 19.8 Å². The van der Waals surface area contributed by atoms with Crippen LogP contribution in [0.5, 0.6) is 0 Å². The van der Waals surface area contributed by atoms with Gasteiger partial charge in [-0.05, 0) is 38.0 Å². The number of carbonyl (C=O) groups is 2. The van der Waals surface area contributed by atoms with E-state index < -0.39 is 6.10 Å².